The van der Waals surface area contributed by atoms with Gasteiger partial charge in [0.25, 0.3) is 0 Å². The van der Waals surface area contributed by atoms with Gasteiger partial charge in [0.1, 0.15) is 12.0 Å². The molecule has 0 saturated carbocycles. The fourth-order valence-corrected chi connectivity index (χ4v) is 4.73. The summed E-state index contributed by atoms with van der Waals surface area (Å²) in [6.45, 7) is 6.93. The number of rotatable bonds is 6. The van der Waals surface area contributed by atoms with Crippen molar-refractivity contribution in [2.24, 2.45) is 5.10 Å². The SMILES string of the molecule is Cc1ccc(CNC(=O)CCC2=NNC3C4CC(c5ccc(C)c(C)c5)NN4C=CN23)cc1. The maximum atomic E-state index is 12.4. The van der Waals surface area contributed by atoms with Gasteiger partial charge in [-0.3, -0.25) is 10.2 Å². The van der Waals surface area contributed by atoms with Crippen molar-refractivity contribution in [1.29, 1.82) is 0 Å². The van der Waals surface area contributed by atoms with Crippen LogP contribution in [0.5, 0.6) is 0 Å². The molecule has 3 unspecified atom stereocenters. The van der Waals surface area contributed by atoms with Crippen LogP contribution in [0.15, 0.2) is 60.0 Å². The Bertz CT molecular complexity index is 1090. The van der Waals surface area contributed by atoms with Gasteiger partial charge in [-0.2, -0.15) is 5.10 Å². The maximum Gasteiger partial charge on any atom is 0.220 e. The Hall–Kier alpha value is -3.32. The van der Waals surface area contributed by atoms with E-state index in [9.17, 15) is 4.79 Å². The topological polar surface area (TPSA) is 72.0 Å². The van der Waals surface area contributed by atoms with Crippen molar-refractivity contribution >= 4 is 11.7 Å². The summed E-state index contributed by atoms with van der Waals surface area (Å²) in [5, 5.41) is 9.78. The van der Waals surface area contributed by atoms with E-state index in [0.29, 0.717) is 19.4 Å². The zero-order valence-electron chi connectivity index (χ0n) is 19.5. The van der Waals surface area contributed by atoms with Crippen molar-refractivity contribution in [3.05, 3.63) is 82.7 Å². The van der Waals surface area contributed by atoms with E-state index in [1.165, 1.54) is 22.3 Å². The molecule has 7 nitrogen and oxygen atoms in total. The van der Waals surface area contributed by atoms with Crippen LogP contribution >= 0.6 is 0 Å². The lowest BCUT2D eigenvalue weighted by molar-refractivity contribution is -0.121. The van der Waals surface area contributed by atoms with Crippen molar-refractivity contribution < 1.29 is 4.79 Å². The van der Waals surface area contributed by atoms with E-state index in [0.717, 1.165) is 17.8 Å². The summed E-state index contributed by atoms with van der Waals surface area (Å²) < 4.78 is 0. The average Bonchev–Trinajstić information content (AvgIpc) is 3.43. The smallest absolute Gasteiger partial charge is 0.220 e. The van der Waals surface area contributed by atoms with Crippen LogP contribution in [-0.4, -0.2) is 33.9 Å². The Morgan fingerprint density at radius 3 is 2.70 bits per heavy atom. The Morgan fingerprint density at radius 2 is 1.91 bits per heavy atom. The van der Waals surface area contributed by atoms with Crippen LogP contribution in [-0.2, 0) is 11.3 Å². The molecule has 0 radical (unpaired) electrons. The number of hydrogen-bond donors (Lipinski definition) is 3. The summed E-state index contributed by atoms with van der Waals surface area (Å²) in [6.07, 6.45) is 6.23. The maximum absolute atomic E-state index is 12.4. The Balaban J connectivity index is 1.15. The zero-order chi connectivity index (χ0) is 22.9. The predicted molar refractivity (Wildman–Crippen MR) is 130 cm³/mol. The van der Waals surface area contributed by atoms with E-state index in [4.69, 9.17) is 0 Å². The summed E-state index contributed by atoms with van der Waals surface area (Å²) in [5.41, 5.74) is 13.2. The van der Waals surface area contributed by atoms with Crippen molar-refractivity contribution in [3.8, 4) is 0 Å². The van der Waals surface area contributed by atoms with Gasteiger partial charge in [0.2, 0.25) is 5.91 Å². The third kappa shape index (κ3) is 4.46. The molecule has 2 aromatic rings. The number of hydrazine groups is 1. The molecule has 3 atom stereocenters. The number of nitrogens with zero attached hydrogens (tertiary/aromatic N) is 3. The number of amides is 1. The minimum Gasteiger partial charge on any atom is -0.352 e. The summed E-state index contributed by atoms with van der Waals surface area (Å²) in [6, 6.07) is 15.5. The van der Waals surface area contributed by atoms with Crippen LogP contribution in [0, 0.1) is 20.8 Å². The number of hydrazone groups is 1. The molecular formula is C26H32N6O. The van der Waals surface area contributed by atoms with Crippen LogP contribution in [0.4, 0.5) is 0 Å². The van der Waals surface area contributed by atoms with E-state index in [-0.39, 0.29) is 24.2 Å². The number of amidine groups is 1. The molecule has 7 heteroatoms. The second kappa shape index (κ2) is 8.90. The number of benzene rings is 2. The lowest BCUT2D eigenvalue weighted by Crippen LogP contribution is -2.54. The monoisotopic (exact) mass is 444 g/mol. The second-order valence-corrected chi connectivity index (χ2v) is 9.31. The number of aryl methyl sites for hydroxylation is 3. The zero-order valence-corrected chi connectivity index (χ0v) is 19.5. The van der Waals surface area contributed by atoms with Gasteiger partial charge in [-0.1, -0.05) is 48.0 Å². The van der Waals surface area contributed by atoms with Crippen LogP contribution in [0.25, 0.3) is 0 Å². The molecule has 172 valence electrons. The van der Waals surface area contributed by atoms with Gasteiger partial charge in [0, 0.05) is 31.8 Å². The third-order valence-corrected chi connectivity index (χ3v) is 6.93. The first-order valence-corrected chi connectivity index (χ1v) is 11.7. The third-order valence-electron chi connectivity index (χ3n) is 6.93. The van der Waals surface area contributed by atoms with E-state index in [2.05, 4.69) is 107 Å². The Kier molecular flexibility index (Phi) is 5.81. The summed E-state index contributed by atoms with van der Waals surface area (Å²) in [5.74, 6) is 0.956. The van der Waals surface area contributed by atoms with Gasteiger partial charge in [-0.05, 0) is 49.4 Å². The van der Waals surface area contributed by atoms with Gasteiger partial charge in [0.05, 0.1) is 12.1 Å². The number of carbonyl (C=O) groups excluding carboxylic acids is 1. The molecule has 33 heavy (non-hydrogen) atoms. The molecule has 1 amide bonds. The van der Waals surface area contributed by atoms with Gasteiger partial charge >= 0.3 is 0 Å². The van der Waals surface area contributed by atoms with Crippen molar-refractivity contribution in [2.75, 3.05) is 0 Å². The molecule has 5 rings (SSSR count). The average molecular weight is 445 g/mol. The molecule has 3 N–H and O–H groups in total. The first kappa shape index (κ1) is 21.5. The summed E-state index contributed by atoms with van der Waals surface area (Å²) >= 11 is 0. The molecule has 0 aromatic heterocycles. The molecule has 1 saturated heterocycles. The molecule has 3 aliphatic heterocycles. The molecule has 1 fully saturated rings. The molecule has 0 aliphatic carbocycles. The Labute approximate surface area is 195 Å². The predicted octanol–water partition coefficient (Wildman–Crippen LogP) is 3.36. The molecule has 0 bridgehead atoms. The van der Waals surface area contributed by atoms with Crippen molar-refractivity contribution in [3.63, 3.8) is 0 Å². The van der Waals surface area contributed by atoms with E-state index < -0.39 is 0 Å². The summed E-state index contributed by atoms with van der Waals surface area (Å²) in [7, 11) is 0. The van der Waals surface area contributed by atoms with Crippen LogP contribution in [0.1, 0.15) is 53.1 Å². The van der Waals surface area contributed by atoms with Gasteiger partial charge in [-0.25, -0.2) is 5.43 Å². The molecule has 3 heterocycles. The first-order valence-electron chi connectivity index (χ1n) is 11.7. The summed E-state index contributed by atoms with van der Waals surface area (Å²) in [4.78, 5) is 14.6. The molecule has 3 aliphatic rings. The van der Waals surface area contributed by atoms with Crippen molar-refractivity contribution in [2.45, 2.75) is 64.8 Å². The lowest BCUT2D eigenvalue weighted by atomic mass is 9.97. The van der Waals surface area contributed by atoms with E-state index in [1.807, 2.05) is 0 Å². The Morgan fingerprint density at radius 1 is 1.09 bits per heavy atom. The minimum atomic E-state index is 0.0432. The van der Waals surface area contributed by atoms with Crippen LogP contribution in [0.3, 0.4) is 0 Å². The lowest BCUT2D eigenvalue weighted by Gasteiger charge is -2.37. The quantitative estimate of drug-likeness (QED) is 0.637. The first-order chi connectivity index (χ1) is 16.0. The number of nitrogens with one attached hydrogen (secondary N) is 3. The van der Waals surface area contributed by atoms with Crippen molar-refractivity contribution in [1.82, 2.24) is 26.1 Å². The van der Waals surface area contributed by atoms with Gasteiger partial charge < -0.3 is 15.2 Å². The fourth-order valence-electron chi connectivity index (χ4n) is 4.73. The van der Waals surface area contributed by atoms with Crippen LogP contribution in [0.2, 0.25) is 0 Å². The van der Waals surface area contributed by atoms with E-state index >= 15 is 0 Å². The highest BCUT2D eigenvalue weighted by molar-refractivity contribution is 5.89. The largest absolute Gasteiger partial charge is 0.352 e. The highest BCUT2D eigenvalue weighted by Gasteiger charge is 2.44. The second-order valence-electron chi connectivity index (χ2n) is 9.31. The van der Waals surface area contributed by atoms with Gasteiger partial charge in [0.15, 0.2) is 0 Å². The number of hydrogen-bond acceptors (Lipinski definition) is 6. The minimum absolute atomic E-state index is 0.0432. The van der Waals surface area contributed by atoms with E-state index in [1.54, 1.807) is 0 Å². The number of fused-ring (bicyclic) bond motifs is 3. The normalized spacial score (nSPS) is 23.1. The van der Waals surface area contributed by atoms with Gasteiger partial charge in [-0.15, -0.1) is 0 Å². The standard InChI is InChI=1S/C26H32N6O/c1-17-4-7-20(8-5-17)16-27-25(33)11-10-24-28-29-26-23-15-22(30-32(23)13-12-31(24)26)21-9-6-18(2)19(3)14-21/h4-9,12-14,22-23,26,29-30H,10-11,15-16H2,1-3H3,(H,27,33). The van der Waals surface area contributed by atoms with Crippen LogP contribution < -0.4 is 16.2 Å². The fraction of sp³-hybridized carbons (Fsp3) is 0.385. The molecule has 2 aromatic carbocycles. The molecular weight excluding hydrogens is 412 g/mol. The highest BCUT2D eigenvalue weighted by Crippen LogP contribution is 2.34. The highest BCUT2D eigenvalue weighted by atomic mass is 16.1. The number of carbonyl (C=O) groups is 1. The molecule has 0 spiro atoms.